The molecule has 5 rings (SSSR count). The third-order valence-electron chi connectivity index (χ3n) is 6.25. The van der Waals surface area contributed by atoms with Crippen LogP contribution in [-0.4, -0.2) is 74.1 Å². The van der Waals surface area contributed by atoms with E-state index in [4.69, 9.17) is 16.3 Å². The van der Waals surface area contributed by atoms with E-state index < -0.39 is 5.97 Å². The van der Waals surface area contributed by atoms with Crippen molar-refractivity contribution in [3.05, 3.63) is 77.3 Å². The molecule has 1 amide bonds. The van der Waals surface area contributed by atoms with Crippen molar-refractivity contribution in [2.45, 2.75) is 6.92 Å². The fraction of sp³-hybridized carbons (Fsp3) is 0.269. The van der Waals surface area contributed by atoms with Gasteiger partial charge in [-0.25, -0.2) is 14.5 Å². The Morgan fingerprint density at radius 3 is 2.43 bits per heavy atom. The van der Waals surface area contributed by atoms with Crippen LogP contribution in [-0.2, 0) is 11.8 Å². The Morgan fingerprint density at radius 1 is 1.05 bits per heavy atom. The van der Waals surface area contributed by atoms with Crippen molar-refractivity contribution in [3.8, 4) is 17.1 Å². The van der Waals surface area contributed by atoms with Crippen molar-refractivity contribution in [3.63, 3.8) is 0 Å². The molecule has 1 aliphatic rings. The monoisotopic (exact) mass is 519 g/mol. The van der Waals surface area contributed by atoms with Crippen molar-refractivity contribution in [2.24, 2.45) is 7.05 Å². The highest BCUT2D eigenvalue weighted by atomic mass is 35.5. The minimum absolute atomic E-state index is 0.103. The Balaban J connectivity index is 1.33. The quantitative estimate of drug-likeness (QED) is 0.360. The van der Waals surface area contributed by atoms with Crippen molar-refractivity contribution >= 4 is 29.2 Å². The van der Waals surface area contributed by atoms with Crippen LogP contribution in [0.15, 0.2) is 60.9 Å². The molecule has 190 valence electrons. The number of carbonyl (C=O) groups excluding carboxylic acids is 2. The second-order valence-corrected chi connectivity index (χ2v) is 8.89. The molecule has 11 heteroatoms. The molecular weight excluding hydrogens is 494 g/mol. The number of hydrogen-bond acceptors (Lipinski definition) is 7. The van der Waals surface area contributed by atoms with Gasteiger partial charge in [-0.15, -0.1) is 0 Å². The first-order valence-electron chi connectivity index (χ1n) is 12.0. The van der Waals surface area contributed by atoms with Gasteiger partial charge in [0.2, 0.25) is 0 Å². The van der Waals surface area contributed by atoms with E-state index in [1.807, 2.05) is 42.5 Å². The third-order valence-corrected chi connectivity index (χ3v) is 6.70. The molecule has 1 aromatic carbocycles. The average Bonchev–Trinajstić information content (AvgIpc) is 3.53. The third kappa shape index (κ3) is 4.92. The van der Waals surface area contributed by atoms with E-state index in [0.717, 1.165) is 16.9 Å². The lowest BCUT2D eigenvalue weighted by Crippen LogP contribution is -2.48. The molecule has 37 heavy (non-hydrogen) atoms. The Kier molecular flexibility index (Phi) is 6.91. The molecule has 0 spiro atoms. The van der Waals surface area contributed by atoms with Crippen molar-refractivity contribution < 1.29 is 14.3 Å². The number of carbonyl (C=O) groups is 2. The number of hydrogen-bond donors (Lipinski definition) is 0. The largest absolute Gasteiger partial charge is 0.461 e. The van der Waals surface area contributed by atoms with Crippen LogP contribution >= 0.6 is 11.6 Å². The molecule has 1 saturated heterocycles. The van der Waals surface area contributed by atoms with Crippen LogP contribution < -0.4 is 4.90 Å². The Hall–Kier alpha value is -4.18. The number of ether oxygens (including phenoxy) is 1. The van der Waals surface area contributed by atoms with Crippen LogP contribution in [0.25, 0.3) is 17.1 Å². The number of rotatable bonds is 6. The first kappa shape index (κ1) is 24.5. The molecule has 0 bridgehead atoms. The summed E-state index contributed by atoms with van der Waals surface area (Å²) in [6.07, 6.45) is 3.19. The van der Waals surface area contributed by atoms with Crippen LogP contribution in [0.5, 0.6) is 0 Å². The first-order valence-corrected chi connectivity index (χ1v) is 12.3. The highest BCUT2D eigenvalue weighted by Crippen LogP contribution is 2.27. The number of amides is 1. The molecule has 0 saturated carbocycles. The Morgan fingerprint density at radius 2 is 1.81 bits per heavy atom. The van der Waals surface area contributed by atoms with E-state index in [2.05, 4.69) is 20.1 Å². The number of benzene rings is 1. The standard InChI is InChI=1S/C26H26ClN7O3/c1-3-37-26(36)21-16-22(34(30-21)23-6-4-5-11-28-23)18-7-9-19(10-8-18)32-12-14-33(15-13-32)25(35)20-17-29-31(2)24(20)27/h4-11,16-17H,3,12-15H2,1-2H3. The molecule has 4 heterocycles. The topological polar surface area (TPSA) is 98.4 Å². The lowest BCUT2D eigenvalue weighted by Gasteiger charge is -2.36. The Labute approximate surface area is 219 Å². The molecule has 0 N–H and O–H groups in total. The lowest BCUT2D eigenvalue weighted by molar-refractivity contribution is 0.0518. The number of aromatic nitrogens is 5. The maximum absolute atomic E-state index is 12.8. The normalized spacial score (nSPS) is 13.6. The van der Waals surface area contributed by atoms with E-state index in [-0.39, 0.29) is 18.2 Å². The molecule has 0 unspecified atom stereocenters. The zero-order valence-electron chi connectivity index (χ0n) is 20.5. The van der Waals surface area contributed by atoms with Crippen molar-refractivity contribution in [2.75, 3.05) is 37.7 Å². The van der Waals surface area contributed by atoms with Gasteiger partial charge in [-0.3, -0.25) is 9.48 Å². The number of anilines is 1. The van der Waals surface area contributed by atoms with Crippen LogP contribution in [0, 0.1) is 0 Å². The van der Waals surface area contributed by atoms with Crippen LogP contribution in [0.1, 0.15) is 27.8 Å². The van der Waals surface area contributed by atoms with E-state index in [0.29, 0.717) is 42.7 Å². The zero-order valence-corrected chi connectivity index (χ0v) is 21.3. The SMILES string of the molecule is CCOC(=O)c1cc(-c2ccc(N3CCN(C(=O)c4cnn(C)c4Cl)CC3)cc2)n(-c2ccccn2)n1. The predicted octanol–water partition coefficient (Wildman–Crippen LogP) is 3.46. The zero-order chi connectivity index (χ0) is 25.9. The predicted molar refractivity (Wildman–Crippen MR) is 139 cm³/mol. The van der Waals surface area contributed by atoms with Gasteiger partial charge in [-0.2, -0.15) is 10.2 Å². The highest BCUT2D eigenvalue weighted by Gasteiger charge is 2.25. The lowest BCUT2D eigenvalue weighted by atomic mass is 10.1. The van der Waals surface area contributed by atoms with Gasteiger partial charge < -0.3 is 14.5 Å². The molecule has 10 nitrogen and oxygen atoms in total. The van der Waals surface area contributed by atoms with Crippen molar-refractivity contribution in [1.82, 2.24) is 29.4 Å². The molecule has 3 aromatic heterocycles. The second kappa shape index (κ2) is 10.4. The van der Waals surface area contributed by atoms with Gasteiger partial charge in [0, 0.05) is 50.7 Å². The summed E-state index contributed by atoms with van der Waals surface area (Å²) in [5.41, 5.74) is 3.31. The number of esters is 1. The Bertz CT molecular complexity index is 1410. The molecular formula is C26H26ClN7O3. The maximum Gasteiger partial charge on any atom is 0.358 e. The molecule has 0 aliphatic carbocycles. The van der Waals surface area contributed by atoms with Gasteiger partial charge in [0.1, 0.15) is 5.15 Å². The molecule has 1 aliphatic heterocycles. The van der Waals surface area contributed by atoms with Gasteiger partial charge in [-0.05, 0) is 37.3 Å². The summed E-state index contributed by atoms with van der Waals surface area (Å²) < 4.78 is 8.28. The minimum Gasteiger partial charge on any atom is -0.461 e. The summed E-state index contributed by atoms with van der Waals surface area (Å²) in [6.45, 7) is 4.59. The fourth-order valence-corrected chi connectivity index (χ4v) is 4.47. The van der Waals surface area contributed by atoms with Crippen molar-refractivity contribution in [1.29, 1.82) is 0 Å². The van der Waals surface area contributed by atoms with E-state index in [9.17, 15) is 9.59 Å². The number of piperazine rings is 1. The average molecular weight is 520 g/mol. The van der Waals surface area contributed by atoms with Crippen LogP contribution in [0.4, 0.5) is 5.69 Å². The first-order chi connectivity index (χ1) is 18.0. The van der Waals surface area contributed by atoms with Crippen LogP contribution in [0.3, 0.4) is 0 Å². The maximum atomic E-state index is 12.8. The summed E-state index contributed by atoms with van der Waals surface area (Å²) in [4.78, 5) is 33.6. The molecule has 0 atom stereocenters. The molecule has 1 fully saturated rings. The summed E-state index contributed by atoms with van der Waals surface area (Å²) in [5.74, 6) is 0.0231. The highest BCUT2D eigenvalue weighted by molar-refractivity contribution is 6.32. The summed E-state index contributed by atoms with van der Waals surface area (Å²) >= 11 is 6.20. The number of nitrogens with zero attached hydrogens (tertiary/aromatic N) is 7. The van der Waals surface area contributed by atoms with E-state index >= 15 is 0 Å². The second-order valence-electron chi connectivity index (χ2n) is 8.53. The van der Waals surface area contributed by atoms with E-state index in [1.165, 1.54) is 10.9 Å². The van der Waals surface area contributed by atoms with Gasteiger partial charge in [0.05, 0.1) is 24.1 Å². The summed E-state index contributed by atoms with van der Waals surface area (Å²) in [5, 5.41) is 8.87. The molecule has 4 aromatic rings. The van der Waals surface area contributed by atoms with Gasteiger partial charge >= 0.3 is 5.97 Å². The van der Waals surface area contributed by atoms with Gasteiger partial charge in [0.15, 0.2) is 11.5 Å². The van der Waals surface area contributed by atoms with Gasteiger partial charge in [0.25, 0.3) is 5.91 Å². The summed E-state index contributed by atoms with van der Waals surface area (Å²) in [6, 6.07) is 15.3. The number of pyridine rings is 1. The van der Waals surface area contributed by atoms with Gasteiger partial charge in [-0.1, -0.05) is 29.8 Å². The van der Waals surface area contributed by atoms with Crippen LogP contribution in [0.2, 0.25) is 5.15 Å². The number of aryl methyl sites for hydroxylation is 1. The smallest absolute Gasteiger partial charge is 0.358 e. The molecule has 0 radical (unpaired) electrons. The van der Waals surface area contributed by atoms with E-state index in [1.54, 1.807) is 35.8 Å². The summed E-state index contributed by atoms with van der Waals surface area (Å²) in [7, 11) is 1.71. The fourth-order valence-electron chi connectivity index (χ4n) is 4.29. The number of halogens is 1. The minimum atomic E-state index is -0.477.